The first-order valence-electron chi connectivity index (χ1n) is 3.67. The Morgan fingerprint density at radius 3 is 2.83 bits per heavy atom. The molecule has 1 aliphatic rings. The van der Waals surface area contributed by atoms with Gasteiger partial charge in [0.05, 0.1) is 7.11 Å². The van der Waals surface area contributed by atoms with Gasteiger partial charge in [0.25, 0.3) is 0 Å². The zero-order valence-electron chi connectivity index (χ0n) is 6.92. The van der Waals surface area contributed by atoms with Gasteiger partial charge in [0, 0.05) is 6.42 Å². The van der Waals surface area contributed by atoms with Crippen LogP contribution in [0.3, 0.4) is 0 Å². The Bertz CT molecular complexity index is 236. The highest BCUT2D eigenvalue weighted by Gasteiger charge is 2.42. The van der Waals surface area contributed by atoms with Gasteiger partial charge in [-0.3, -0.25) is 4.79 Å². The lowest BCUT2D eigenvalue weighted by Gasteiger charge is -2.20. The first kappa shape index (κ1) is 8.77. The van der Waals surface area contributed by atoms with E-state index in [2.05, 4.69) is 16.6 Å². The number of esters is 1. The van der Waals surface area contributed by atoms with Crippen LogP contribution in [0.5, 0.6) is 0 Å². The molecule has 1 rings (SSSR count). The fourth-order valence-corrected chi connectivity index (χ4v) is 1.26. The Hall–Kier alpha value is -1.32. The zero-order valence-corrected chi connectivity index (χ0v) is 6.92. The molecule has 4 nitrogen and oxygen atoms in total. The van der Waals surface area contributed by atoms with Gasteiger partial charge in [0.2, 0.25) is 5.91 Å². The van der Waals surface area contributed by atoms with E-state index in [1.165, 1.54) is 13.2 Å². The number of rotatable bonds is 2. The summed E-state index contributed by atoms with van der Waals surface area (Å²) in [6.07, 6.45) is 2.20. The highest BCUT2D eigenvalue weighted by molar-refractivity contribution is 5.93. The summed E-state index contributed by atoms with van der Waals surface area (Å²) < 4.78 is 4.55. The van der Waals surface area contributed by atoms with Gasteiger partial charge in [-0.2, -0.15) is 0 Å². The number of hydrogen-bond acceptors (Lipinski definition) is 3. The number of methoxy groups -OCH3 is 1. The van der Waals surface area contributed by atoms with Gasteiger partial charge in [0.1, 0.15) is 0 Å². The molecule has 66 valence electrons. The van der Waals surface area contributed by atoms with Crippen LogP contribution in [0.15, 0.2) is 12.7 Å². The van der Waals surface area contributed by atoms with Crippen molar-refractivity contribution in [2.45, 2.75) is 18.4 Å². The van der Waals surface area contributed by atoms with E-state index in [1.807, 2.05) is 0 Å². The van der Waals surface area contributed by atoms with E-state index in [0.29, 0.717) is 12.8 Å². The highest BCUT2D eigenvalue weighted by atomic mass is 16.5. The summed E-state index contributed by atoms with van der Waals surface area (Å²) in [6.45, 7) is 3.50. The number of ether oxygens (including phenoxy) is 1. The van der Waals surface area contributed by atoms with Crippen molar-refractivity contribution in [3.05, 3.63) is 12.7 Å². The van der Waals surface area contributed by atoms with Crippen molar-refractivity contribution in [2.75, 3.05) is 7.11 Å². The van der Waals surface area contributed by atoms with E-state index in [1.54, 1.807) is 0 Å². The van der Waals surface area contributed by atoms with Gasteiger partial charge in [-0.05, 0) is 6.42 Å². The first-order chi connectivity index (χ1) is 5.64. The third-order valence-electron chi connectivity index (χ3n) is 2.01. The third kappa shape index (κ3) is 1.20. The van der Waals surface area contributed by atoms with Gasteiger partial charge in [-0.15, -0.1) is 6.58 Å². The van der Waals surface area contributed by atoms with E-state index in [9.17, 15) is 9.59 Å². The lowest BCUT2D eigenvalue weighted by Crippen LogP contribution is -2.47. The predicted molar refractivity (Wildman–Crippen MR) is 42.3 cm³/mol. The molecule has 1 amide bonds. The SMILES string of the molecule is C=C[C@@]1(C(=O)OC)CCC(=O)N1. The molecule has 0 radical (unpaired) electrons. The van der Waals surface area contributed by atoms with Crippen molar-refractivity contribution in [2.24, 2.45) is 0 Å². The molecule has 0 aromatic heterocycles. The molecule has 0 bridgehead atoms. The summed E-state index contributed by atoms with van der Waals surface area (Å²) in [5.41, 5.74) is -0.980. The molecule has 0 aromatic rings. The Balaban J connectivity index is 2.84. The maximum Gasteiger partial charge on any atom is 0.335 e. The van der Waals surface area contributed by atoms with Gasteiger partial charge >= 0.3 is 5.97 Å². The summed E-state index contributed by atoms with van der Waals surface area (Å²) >= 11 is 0. The van der Waals surface area contributed by atoms with E-state index in [-0.39, 0.29) is 5.91 Å². The summed E-state index contributed by atoms with van der Waals surface area (Å²) in [5, 5.41) is 2.54. The molecule has 0 aliphatic carbocycles. The molecular formula is C8H11NO3. The van der Waals surface area contributed by atoms with Crippen LogP contribution in [0, 0.1) is 0 Å². The summed E-state index contributed by atoms with van der Waals surface area (Å²) in [6, 6.07) is 0. The summed E-state index contributed by atoms with van der Waals surface area (Å²) in [4.78, 5) is 22.1. The van der Waals surface area contributed by atoms with Crippen LogP contribution in [-0.2, 0) is 14.3 Å². The number of carbonyl (C=O) groups excluding carboxylic acids is 2. The maximum absolute atomic E-state index is 11.2. The van der Waals surface area contributed by atoms with Crippen molar-refractivity contribution in [3.63, 3.8) is 0 Å². The minimum absolute atomic E-state index is 0.139. The second kappa shape index (κ2) is 2.97. The Kier molecular flexibility index (Phi) is 2.17. The molecule has 1 atom stereocenters. The van der Waals surface area contributed by atoms with E-state index < -0.39 is 11.5 Å². The second-order valence-electron chi connectivity index (χ2n) is 2.72. The number of carbonyl (C=O) groups is 2. The molecule has 1 heterocycles. The predicted octanol–water partition coefficient (Wildman–Crippen LogP) is -0.00580. The van der Waals surface area contributed by atoms with Crippen LogP contribution in [0.25, 0.3) is 0 Å². The standard InChI is InChI=1S/C8H11NO3/c1-3-8(7(11)12-2)5-4-6(10)9-8/h3H,1,4-5H2,2H3,(H,9,10)/t8-/m0/s1. The second-order valence-corrected chi connectivity index (χ2v) is 2.72. The molecule has 1 N–H and O–H groups in total. The van der Waals surface area contributed by atoms with Crippen LogP contribution in [0.1, 0.15) is 12.8 Å². The largest absolute Gasteiger partial charge is 0.467 e. The molecule has 12 heavy (non-hydrogen) atoms. The van der Waals surface area contributed by atoms with Crippen molar-refractivity contribution < 1.29 is 14.3 Å². The normalized spacial score (nSPS) is 27.9. The van der Waals surface area contributed by atoms with Gasteiger partial charge in [-0.25, -0.2) is 4.79 Å². The maximum atomic E-state index is 11.2. The Morgan fingerprint density at radius 1 is 1.83 bits per heavy atom. The van der Waals surface area contributed by atoms with Crippen LogP contribution >= 0.6 is 0 Å². The van der Waals surface area contributed by atoms with Crippen LogP contribution in [0.4, 0.5) is 0 Å². The van der Waals surface area contributed by atoms with Crippen molar-refractivity contribution in [1.29, 1.82) is 0 Å². The van der Waals surface area contributed by atoms with E-state index in [0.717, 1.165) is 0 Å². The summed E-state index contributed by atoms with van der Waals surface area (Å²) in [5.74, 6) is -0.594. The van der Waals surface area contributed by atoms with Gasteiger partial charge < -0.3 is 10.1 Å². The molecule has 0 saturated carbocycles. The van der Waals surface area contributed by atoms with Crippen molar-refractivity contribution in [1.82, 2.24) is 5.32 Å². The topological polar surface area (TPSA) is 55.4 Å². The number of amides is 1. The lowest BCUT2D eigenvalue weighted by atomic mass is 9.98. The van der Waals surface area contributed by atoms with Crippen LogP contribution < -0.4 is 5.32 Å². The molecule has 1 aliphatic heterocycles. The van der Waals surface area contributed by atoms with Crippen molar-refractivity contribution in [3.8, 4) is 0 Å². The summed E-state index contributed by atoms with van der Waals surface area (Å²) in [7, 11) is 1.29. The zero-order chi connectivity index (χ0) is 9.19. The van der Waals surface area contributed by atoms with Crippen LogP contribution in [-0.4, -0.2) is 24.5 Å². The molecule has 4 heteroatoms. The molecule has 0 aromatic carbocycles. The number of hydrogen-bond donors (Lipinski definition) is 1. The molecule has 1 saturated heterocycles. The minimum atomic E-state index is -0.980. The average molecular weight is 169 g/mol. The highest BCUT2D eigenvalue weighted by Crippen LogP contribution is 2.22. The smallest absolute Gasteiger partial charge is 0.335 e. The quantitative estimate of drug-likeness (QED) is 0.467. The molecule has 1 fully saturated rings. The minimum Gasteiger partial charge on any atom is -0.467 e. The van der Waals surface area contributed by atoms with E-state index in [4.69, 9.17) is 0 Å². The molecule has 0 spiro atoms. The Morgan fingerprint density at radius 2 is 2.50 bits per heavy atom. The fourth-order valence-electron chi connectivity index (χ4n) is 1.26. The monoisotopic (exact) mass is 169 g/mol. The Labute approximate surface area is 70.6 Å². The molecule has 0 unspecified atom stereocenters. The average Bonchev–Trinajstić information content (AvgIpc) is 2.47. The van der Waals surface area contributed by atoms with Crippen LogP contribution in [0.2, 0.25) is 0 Å². The number of nitrogens with one attached hydrogen (secondary N) is 1. The first-order valence-corrected chi connectivity index (χ1v) is 3.67. The lowest BCUT2D eigenvalue weighted by molar-refractivity contribution is -0.146. The third-order valence-corrected chi connectivity index (χ3v) is 2.01. The van der Waals surface area contributed by atoms with Gasteiger partial charge in [-0.1, -0.05) is 6.08 Å². The molecular weight excluding hydrogens is 158 g/mol. The van der Waals surface area contributed by atoms with Gasteiger partial charge in [0.15, 0.2) is 5.54 Å². The van der Waals surface area contributed by atoms with E-state index >= 15 is 0 Å². The van der Waals surface area contributed by atoms with Crippen molar-refractivity contribution >= 4 is 11.9 Å². The fraction of sp³-hybridized carbons (Fsp3) is 0.500.